The zero-order chi connectivity index (χ0) is 14.5. The first-order chi connectivity index (χ1) is 9.61. The molecule has 0 N–H and O–H groups in total. The summed E-state index contributed by atoms with van der Waals surface area (Å²) in [4.78, 5) is 15.7. The smallest absolute Gasteiger partial charge is 0.318 e. The lowest BCUT2D eigenvalue weighted by molar-refractivity contribution is -0.145. The fraction of sp³-hybridized carbons (Fsp3) is 0.357. The Labute approximate surface area is 115 Å². The van der Waals surface area contributed by atoms with E-state index in [0.717, 1.165) is 0 Å². The third-order valence-corrected chi connectivity index (χ3v) is 2.80. The highest BCUT2D eigenvalue weighted by atomic mass is 19.1. The van der Waals surface area contributed by atoms with E-state index < -0.39 is 11.9 Å². The van der Waals surface area contributed by atoms with Gasteiger partial charge in [-0.25, -0.2) is 4.39 Å². The summed E-state index contributed by atoms with van der Waals surface area (Å²) in [6.45, 7) is 3.64. The van der Waals surface area contributed by atoms with Crippen LogP contribution in [-0.4, -0.2) is 22.7 Å². The van der Waals surface area contributed by atoms with E-state index in [1.54, 1.807) is 32.0 Å². The summed E-state index contributed by atoms with van der Waals surface area (Å²) in [7, 11) is 0. The molecular formula is C14H15FN2O3. The monoisotopic (exact) mass is 278 g/mol. The second-order valence-electron chi connectivity index (χ2n) is 4.29. The number of benzene rings is 1. The number of nitrogens with zero attached hydrogens (tertiary/aromatic N) is 2. The van der Waals surface area contributed by atoms with Crippen molar-refractivity contribution in [2.24, 2.45) is 0 Å². The van der Waals surface area contributed by atoms with E-state index in [1.165, 1.54) is 6.07 Å². The van der Waals surface area contributed by atoms with Crippen LogP contribution in [0.4, 0.5) is 4.39 Å². The molecule has 0 bridgehead atoms. The highest BCUT2D eigenvalue weighted by Gasteiger charge is 2.23. The minimum absolute atomic E-state index is 0.176. The van der Waals surface area contributed by atoms with Crippen molar-refractivity contribution in [3.8, 4) is 0 Å². The van der Waals surface area contributed by atoms with Gasteiger partial charge in [-0.1, -0.05) is 23.4 Å². The standard InChI is InChI=1S/C14H15FN2O3/c1-3-19-14(18)9(2)13-16-12(17-20-13)8-10-6-4-5-7-11(10)15/h4-7,9H,3,8H2,1-2H3. The highest BCUT2D eigenvalue weighted by Crippen LogP contribution is 2.17. The molecule has 2 aromatic rings. The number of hydrogen-bond acceptors (Lipinski definition) is 5. The lowest BCUT2D eigenvalue weighted by atomic mass is 10.1. The molecule has 1 unspecified atom stereocenters. The molecule has 0 spiro atoms. The Morgan fingerprint density at radius 1 is 1.45 bits per heavy atom. The molecule has 0 saturated heterocycles. The molecule has 0 aliphatic rings. The lowest BCUT2D eigenvalue weighted by Crippen LogP contribution is -2.13. The van der Waals surface area contributed by atoms with Crippen LogP contribution in [0.15, 0.2) is 28.8 Å². The number of ether oxygens (including phenoxy) is 1. The first kappa shape index (κ1) is 14.2. The summed E-state index contributed by atoms with van der Waals surface area (Å²) in [6.07, 6.45) is 0.214. The second kappa shape index (κ2) is 6.27. The predicted molar refractivity (Wildman–Crippen MR) is 68.6 cm³/mol. The molecular weight excluding hydrogens is 263 g/mol. The Hall–Kier alpha value is -2.24. The molecule has 0 fully saturated rings. The van der Waals surface area contributed by atoms with Crippen LogP contribution in [-0.2, 0) is 16.0 Å². The summed E-state index contributed by atoms with van der Waals surface area (Å²) in [5.74, 6) is -0.862. The van der Waals surface area contributed by atoms with Crippen molar-refractivity contribution in [2.45, 2.75) is 26.2 Å². The van der Waals surface area contributed by atoms with E-state index in [1.807, 2.05) is 0 Å². The number of carbonyl (C=O) groups is 1. The quantitative estimate of drug-likeness (QED) is 0.786. The van der Waals surface area contributed by atoms with Gasteiger partial charge in [0.15, 0.2) is 5.82 Å². The van der Waals surface area contributed by atoms with Crippen molar-refractivity contribution in [3.63, 3.8) is 0 Å². The van der Waals surface area contributed by atoms with Crippen LogP contribution in [0.1, 0.15) is 37.0 Å². The largest absolute Gasteiger partial charge is 0.465 e. The second-order valence-corrected chi connectivity index (χ2v) is 4.29. The van der Waals surface area contributed by atoms with Crippen LogP contribution in [0.3, 0.4) is 0 Å². The maximum Gasteiger partial charge on any atom is 0.318 e. The molecule has 20 heavy (non-hydrogen) atoms. The fourth-order valence-electron chi connectivity index (χ4n) is 1.70. The molecule has 2 rings (SSSR count). The average Bonchev–Trinajstić information content (AvgIpc) is 2.89. The van der Waals surface area contributed by atoms with E-state index in [4.69, 9.17) is 9.26 Å². The topological polar surface area (TPSA) is 65.2 Å². The number of halogens is 1. The van der Waals surface area contributed by atoms with Gasteiger partial charge in [-0.3, -0.25) is 4.79 Å². The van der Waals surface area contributed by atoms with E-state index in [0.29, 0.717) is 18.0 Å². The van der Waals surface area contributed by atoms with E-state index in [-0.39, 0.29) is 18.1 Å². The van der Waals surface area contributed by atoms with Gasteiger partial charge in [-0.15, -0.1) is 0 Å². The van der Waals surface area contributed by atoms with E-state index in [2.05, 4.69) is 10.1 Å². The molecule has 1 aromatic carbocycles. The summed E-state index contributed by atoms with van der Waals surface area (Å²) < 4.78 is 23.4. The van der Waals surface area contributed by atoms with E-state index >= 15 is 0 Å². The van der Waals surface area contributed by atoms with Gasteiger partial charge in [0.05, 0.1) is 6.61 Å². The van der Waals surface area contributed by atoms with Crippen LogP contribution in [0.2, 0.25) is 0 Å². The molecule has 1 aromatic heterocycles. The Balaban J connectivity index is 2.09. The van der Waals surface area contributed by atoms with Crippen LogP contribution in [0.5, 0.6) is 0 Å². The lowest BCUT2D eigenvalue weighted by Gasteiger charge is -2.04. The number of esters is 1. The number of aromatic nitrogens is 2. The van der Waals surface area contributed by atoms with Gasteiger partial charge in [-0.05, 0) is 25.5 Å². The zero-order valence-electron chi connectivity index (χ0n) is 11.3. The van der Waals surface area contributed by atoms with Crippen LogP contribution in [0.25, 0.3) is 0 Å². The molecule has 1 heterocycles. The number of carbonyl (C=O) groups excluding carboxylic acids is 1. The molecule has 0 radical (unpaired) electrons. The highest BCUT2D eigenvalue weighted by molar-refractivity contribution is 5.76. The first-order valence-corrected chi connectivity index (χ1v) is 6.34. The minimum Gasteiger partial charge on any atom is -0.465 e. The first-order valence-electron chi connectivity index (χ1n) is 6.34. The SMILES string of the molecule is CCOC(=O)C(C)c1nc(Cc2ccccc2F)no1. The van der Waals surface area contributed by atoms with Crippen LogP contribution < -0.4 is 0 Å². The number of rotatable bonds is 5. The summed E-state index contributed by atoms with van der Waals surface area (Å²) in [6, 6.07) is 6.38. The summed E-state index contributed by atoms with van der Waals surface area (Å²) in [5, 5.41) is 3.76. The Kier molecular flexibility index (Phi) is 4.45. The molecule has 0 aliphatic heterocycles. The van der Waals surface area contributed by atoms with Gasteiger partial charge < -0.3 is 9.26 Å². The van der Waals surface area contributed by atoms with Crippen molar-refractivity contribution in [1.29, 1.82) is 0 Å². The van der Waals surface area contributed by atoms with Crippen molar-refractivity contribution >= 4 is 5.97 Å². The van der Waals surface area contributed by atoms with Gasteiger partial charge in [0.1, 0.15) is 11.7 Å². The van der Waals surface area contributed by atoms with Crippen molar-refractivity contribution < 1.29 is 18.4 Å². The van der Waals surface area contributed by atoms with Gasteiger partial charge in [0.25, 0.3) is 0 Å². The Morgan fingerprint density at radius 2 is 2.20 bits per heavy atom. The predicted octanol–water partition coefficient (Wildman–Crippen LogP) is 2.47. The van der Waals surface area contributed by atoms with Gasteiger partial charge in [0, 0.05) is 6.42 Å². The molecule has 1 atom stereocenters. The number of hydrogen-bond donors (Lipinski definition) is 0. The minimum atomic E-state index is -0.628. The van der Waals surface area contributed by atoms with Crippen molar-refractivity contribution in [2.75, 3.05) is 6.61 Å². The molecule has 0 aliphatic carbocycles. The third-order valence-electron chi connectivity index (χ3n) is 2.80. The molecule has 0 amide bonds. The van der Waals surface area contributed by atoms with E-state index in [9.17, 15) is 9.18 Å². The molecule has 5 nitrogen and oxygen atoms in total. The maximum absolute atomic E-state index is 13.5. The maximum atomic E-state index is 13.5. The fourth-order valence-corrected chi connectivity index (χ4v) is 1.70. The Morgan fingerprint density at radius 3 is 2.90 bits per heavy atom. The van der Waals surface area contributed by atoms with Crippen molar-refractivity contribution in [1.82, 2.24) is 10.1 Å². The van der Waals surface area contributed by atoms with Gasteiger partial charge in [-0.2, -0.15) is 4.98 Å². The molecule has 106 valence electrons. The van der Waals surface area contributed by atoms with Crippen LogP contribution >= 0.6 is 0 Å². The molecule has 0 saturated carbocycles. The summed E-state index contributed by atoms with van der Waals surface area (Å²) >= 11 is 0. The zero-order valence-corrected chi connectivity index (χ0v) is 11.3. The van der Waals surface area contributed by atoms with Gasteiger partial charge in [0.2, 0.25) is 5.89 Å². The van der Waals surface area contributed by atoms with Crippen molar-refractivity contribution in [3.05, 3.63) is 47.4 Å². The Bertz CT molecular complexity index is 598. The average molecular weight is 278 g/mol. The molecule has 6 heteroatoms. The van der Waals surface area contributed by atoms with Crippen LogP contribution in [0, 0.1) is 5.82 Å². The van der Waals surface area contributed by atoms with Gasteiger partial charge >= 0.3 is 5.97 Å². The normalized spacial score (nSPS) is 12.2. The summed E-state index contributed by atoms with van der Waals surface area (Å²) in [5.41, 5.74) is 0.476. The third kappa shape index (κ3) is 3.20.